The highest BCUT2D eigenvalue weighted by molar-refractivity contribution is 5.71. The first-order valence-corrected chi connectivity index (χ1v) is 11.4. The van der Waals surface area contributed by atoms with Crippen LogP contribution in [-0.2, 0) is 9.53 Å². The fourth-order valence-electron chi connectivity index (χ4n) is 3.13. The number of esters is 1. The van der Waals surface area contributed by atoms with Crippen LogP contribution < -0.4 is 0 Å². The number of carbonyl (C=O) groups is 1. The lowest BCUT2D eigenvalue weighted by atomic mass is 10.0. The molecule has 0 spiro atoms. The van der Waals surface area contributed by atoms with E-state index in [1.54, 1.807) is 0 Å². The Kier molecular flexibility index (Phi) is 29.4. The first-order chi connectivity index (χ1) is 12.2. The van der Waals surface area contributed by atoms with Crippen molar-refractivity contribution >= 4 is 5.97 Å². The Balaban J connectivity index is -0.00000288. The topological polar surface area (TPSA) is 26.3 Å². The summed E-state index contributed by atoms with van der Waals surface area (Å²) >= 11 is 0. The van der Waals surface area contributed by atoms with Gasteiger partial charge in [0, 0.05) is 0 Å². The maximum absolute atomic E-state index is 11.5. The Labute approximate surface area is 173 Å². The minimum atomic E-state index is -0.0246. The van der Waals surface area contributed by atoms with E-state index in [2.05, 4.69) is 6.92 Å². The zero-order chi connectivity index (χ0) is 18.6. The van der Waals surface area contributed by atoms with Gasteiger partial charge in [-0.15, -0.1) is 0 Å². The van der Waals surface area contributed by atoms with Gasteiger partial charge in [-0.05, 0) is 12.8 Å². The Hall–Kier alpha value is -0.530. The molecule has 166 valence electrons. The average Bonchev–Trinajstić information content (AvgIpc) is 2.63. The van der Waals surface area contributed by atoms with Crippen LogP contribution in [0.25, 0.3) is 0 Å². The lowest BCUT2D eigenvalue weighted by Gasteiger charge is -2.08. The molecule has 0 radical (unpaired) electrons. The number of carbonyl (C=O) groups excluding carboxylic acids is 1. The average molecular weight is 387 g/mol. The van der Waals surface area contributed by atoms with E-state index in [-0.39, 0.29) is 26.7 Å². The molecule has 0 fully saturated rings. The predicted octanol–water partition coefficient (Wildman–Crippen LogP) is 9.11. The molecule has 0 aromatic heterocycles. The lowest BCUT2D eigenvalue weighted by Crippen LogP contribution is -2.14. The molecule has 0 N–H and O–H groups in total. The minimum Gasteiger partial charge on any atom is -0.465 e. The first kappa shape index (κ1) is 31.2. The lowest BCUT2D eigenvalue weighted by molar-refractivity contribution is -0.148. The normalized spacial score (nSPS) is 11.4. The molecule has 1 unspecified atom stereocenters. The second kappa shape index (κ2) is 25.5. The van der Waals surface area contributed by atoms with Crippen LogP contribution in [0.3, 0.4) is 0 Å². The number of ether oxygens (including phenoxy) is 1. The molecule has 1 atom stereocenters. The highest BCUT2D eigenvalue weighted by Crippen LogP contribution is 2.13. The standard InChI is InChI=1S/C23H46O2.2CH4/c1-4-6-7-8-9-10-11-12-13-14-15-16-17-18-19-20-21-25-23(24)22(3)5-2;;/h22H,4-21H2,1-3H3;2*1H4. The third-order valence-corrected chi connectivity index (χ3v) is 5.26. The van der Waals surface area contributed by atoms with E-state index in [4.69, 9.17) is 4.74 Å². The second-order valence-electron chi connectivity index (χ2n) is 7.78. The van der Waals surface area contributed by atoms with Crippen LogP contribution in [0, 0.1) is 5.92 Å². The molecule has 0 amide bonds. The molecule has 2 nitrogen and oxygen atoms in total. The highest BCUT2D eigenvalue weighted by Gasteiger charge is 2.10. The third-order valence-electron chi connectivity index (χ3n) is 5.26. The van der Waals surface area contributed by atoms with E-state index in [0.29, 0.717) is 6.61 Å². The van der Waals surface area contributed by atoms with E-state index in [1.165, 1.54) is 96.3 Å². The molecule has 0 aromatic rings. The summed E-state index contributed by atoms with van der Waals surface area (Å²) in [6, 6.07) is 0. The van der Waals surface area contributed by atoms with Gasteiger partial charge in [-0.3, -0.25) is 4.79 Å². The quantitative estimate of drug-likeness (QED) is 0.163. The van der Waals surface area contributed by atoms with E-state index in [0.717, 1.165) is 12.8 Å². The fourth-order valence-corrected chi connectivity index (χ4v) is 3.13. The zero-order valence-electron chi connectivity index (χ0n) is 17.6. The van der Waals surface area contributed by atoms with Gasteiger partial charge in [0.2, 0.25) is 0 Å². The molecule has 0 heterocycles. The minimum absolute atomic E-state index is 0. The van der Waals surface area contributed by atoms with Crippen molar-refractivity contribution in [2.45, 2.75) is 145 Å². The van der Waals surface area contributed by atoms with Gasteiger partial charge in [0.1, 0.15) is 0 Å². The number of hydrogen-bond acceptors (Lipinski definition) is 2. The number of hydrogen-bond donors (Lipinski definition) is 0. The summed E-state index contributed by atoms with van der Waals surface area (Å²) in [5.41, 5.74) is 0. The summed E-state index contributed by atoms with van der Waals surface area (Å²) in [6.07, 6.45) is 22.8. The molecule has 0 bridgehead atoms. The monoisotopic (exact) mass is 386 g/mol. The van der Waals surface area contributed by atoms with Crippen molar-refractivity contribution in [1.29, 1.82) is 0 Å². The Morgan fingerprint density at radius 3 is 1.30 bits per heavy atom. The van der Waals surface area contributed by atoms with Gasteiger partial charge in [0.15, 0.2) is 0 Å². The van der Waals surface area contributed by atoms with Crippen molar-refractivity contribution in [3.8, 4) is 0 Å². The van der Waals surface area contributed by atoms with Gasteiger partial charge in [0.25, 0.3) is 0 Å². The fraction of sp³-hybridized carbons (Fsp3) is 0.960. The van der Waals surface area contributed by atoms with Gasteiger partial charge in [-0.2, -0.15) is 0 Å². The van der Waals surface area contributed by atoms with Gasteiger partial charge >= 0.3 is 5.97 Å². The summed E-state index contributed by atoms with van der Waals surface area (Å²) in [5, 5.41) is 0. The van der Waals surface area contributed by atoms with Crippen molar-refractivity contribution in [3.05, 3.63) is 0 Å². The van der Waals surface area contributed by atoms with Gasteiger partial charge < -0.3 is 4.74 Å². The molecule has 0 aliphatic rings. The van der Waals surface area contributed by atoms with E-state index >= 15 is 0 Å². The Morgan fingerprint density at radius 1 is 0.630 bits per heavy atom. The van der Waals surface area contributed by atoms with Crippen LogP contribution in [0.2, 0.25) is 0 Å². The Bertz CT molecular complexity index is 275. The van der Waals surface area contributed by atoms with Crippen molar-refractivity contribution in [3.63, 3.8) is 0 Å². The van der Waals surface area contributed by atoms with Gasteiger partial charge in [0.05, 0.1) is 12.5 Å². The van der Waals surface area contributed by atoms with Gasteiger partial charge in [-0.1, -0.05) is 132 Å². The molecule has 0 aliphatic carbocycles. The Morgan fingerprint density at radius 2 is 0.963 bits per heavy atom. The molecule has 2 heteroatoms. The summed E-state index contributed by atoms with van der Waals surface area (Å²) < 4.78 is 5.27. The molecular formula is C25H54O2. The molecule has 0 rings (SSSR count). The molecule has 0 saturated heterocycles. The second-order valence-corrected chi connectivity index (χ2v) is 7.78. The SMILES string of the molecule is C.C.CCCCCCCCCCCCCCCCCCOC(=O)C(C)CC. The highest BCUT2D eigenvalue weighted by atomic mass is 16.5. The summed E-state index contributed by atoms with van der Waals surface area (Å²) in [6.45, 7) is 6.86. The summed E-state index contributed by atoms with van der Waals surface area (Å²) in [4.78, 5) is 11.5. The summed E-state index contributed by atoms with van der Waals surface area (Å²) in [5.74, 6) is 0.0320. The van der Waals surface area contributed by atoms with Crippen molar-refractivity contribution in [2.24, 2.45) is 5.92 Å². The maximum atomic E-state index is 11.5. The van der Waals surface area contributed by atoms with Crippen molar-refractivity contribution in [1.82, 2.24) is 0 Å². The van der Waals surface area contributed by atoms with Gasteiger partial charge in [-0.25, -0.2) is 0 Å². The molecule has 0 aliphatic heterocycles. The van der Waals surface area contributed by atoms with Crippen LogP contribution in [-0.4, -0.2) is 12.6 Å². The van der Waals surface area contributed by atoms with Crippen molar-refractivity contribution in [2.75, 3.05) is 6.61 Å². The van der Waals surface area contributed by atoms with Crippen LogP contribution in [0.1, 0.15) is 145 Å². The zero-order valence-corrected chi connectivity index (χ0v) is 17.6. The van der Waals surface area contributed by atoms with E-state index < -0.39 is 0 Å². The number of unbranched alkanes of at least 4 members (excludes halogenated alkanes) is 15. The molecule has 0 aromatic carbocycles. The largest absolute Gasteiger partial charge is 0.465 e. The molecular weight excluding hydrogens is 332 g/mol. The maximum Gasteiger partial charge on any atom is 0.308 e. The van der Waals surface area contributed by atoms with E-state index in [1.807, 2.05) is 13.8 Å². The van der Waals surface area contributed by atoms with Crippen LogP contribution >= 0.6 is 0 Å². The van der Waals surface area contributed by atoms with Crippen molar-refractivity contribution < 1.29 is 9.53 Å². The predicted molar refractivity (Wildman–Crippen MR) is 123 cm³/mol. The summed E-state index contributed by atoms with van der Waals surface area (Å²) in [7, 11) is 0. The third kappa shape index (κ3) is 23.4. The van der Waals surface area contributed by atoms with Crippen LogP contribution in [0.4, 0.5) is 0 Å². The van der Waals surface area contributed by atoms with Crippen LogP contribution in [0.5, 0.6) is 0 Å². The van der Waals surface area contributed by atoms with E-state index in [9.17, 15) is 4.79 Å². The first-order valence-electron chi connectivity index (χ1n) is 11.4. The van der Waals surface area contributed by atoms with Crippen LogP contribution in [0.15, 0.2) is 0 Å². The molecule has 0 saturated carbocycles. The smallest absolute Gasteiger partial charge is 0.308 e. The number of rotatable bonds is 19. The molecule has 27 heavy (non-hydrogen) atoms.